The molecular formula is C30H36N4O3S. The quantitative estimate of drug-likeness (QED) is 0.173. The first-order chi connectivity index (χ1) is 18.6. The summed E-state index contributed by atoms with van der Waals surface area (Å²) >= 11 is 1.58. The molecule has 0 saturated heterocycles. The Bertz CT molecular complexity index is 1270. The summed E-state index contributed by atoms with van der Waals surface area (Å²) in [7, 11) is 0. The monoisotopic (exact) mass is 532 g/mol. The van der Waals surface area contributed by atoms with Gasteiger partial charge in [-0.2, -0.15) is 4.98 Å². The van der Waals surface area contributed by atoms with Crippen molar-refractivity contribution < 1.29 is 14.3 Å². The molecule has 1 aliphatic carbocycles. The first kappa shape index (κ1) is 26.4. The number of carbonyl (C=O) groups excluding carboxylic acids is 1. The van der Waals surface area contributed by atoms with Gasteiger partial charge in [-0.05, 0) is 50.7 Å². The molecule has 1 saturated carbocycles. The summed E-state index contributed by atoms with van der Waals surface area (Å²) in [6.45, 7) is 4.68. The van der Waals surface area contributed by atoms with Gasteiger partial charge in [-0.25, -0.2) is 9.48 Å². The average molecular weight is 533 g/mol. The van der Waals surface area contributed by atoms with E-state index in [9.17, 15) is 4.79 Å². The Morgan fingerprint density at radius 2 is 1.84 bits per heavy atom. The Hall–Kier alpha value is -3.26. The zero-order chi connectivity index (χ0) is 26.3. The smallest absolute Gasteiger partial charge is 0.338 e. The molecule has 0 bridgehead atoms. The lowest BCUT2D eigenvalue weighted by Gasteiger charge is -2.30. The fourth-order valence-corrected chi connectivity index (χ4v) is 5.81. The number of esters is 1. The van der Waals surface area contributed by atoms with Gasteiger partial charge in [0.1, 0.15) is 17.9 Å². The van der Waals surface area contributed by atoms with E-state index >= 15 is 0 Å². The Kier molecular flexibility index (Phi) is 8.68. The fraction of sp³-hybridized carbons (Fsp3) is 0.433. The standard InChI is InChI=1S/C30H36N4O3S/c1-3-4-19-36-25-18-12-11-17-24(25)27-26(28(35)37-23-15-9-6-10-16-23)21(2)31-29-32-30(33-34(27)29)38-20-22-13-7-5-8-14-22/h5,7-8,11-14,17-18,23,27H,3-4,6,9-10,15-16,19-20H2,1-2H3,(H,31,32,33). The summed E-state index contributed by atoms with van der Waals surface area (Å²) in [5.74, 6) is 1.83. The maximum atomic E-state index is 13.7. The van der Waals surface area contributed by atoms with Crippen LogP contribution in [0.2, 0.25) is 0 Å². The van der Waals surface area contributed by atoms with Crippen molar-refractivity contribution in [1.82, 2.24) is 14.8 Å². The summed E-state index contributed by atoms with van der Waals surface area (Å²) in [5, 5.41) is 8.87. The van der Waals surface area contributed by atoms with Gasteiger partial charge in [0.2, 0.25) is 11.1 Å². The first-order valence-corrected chi connectivity index (χ1v) is 14.7. The van der Waals surface area contributed by atoms with E-state index in [1.807, 2.05) is 54.1 Å². The number of nitrogens with one attached hydrogen (secondary N) is 1. The zero-order valence-electron chi connectivity index (χ0n) is 22.2. The van der Waals surface area contributed by atoms with Crippen molar-refractivity contribution >= 4 is 23.7 Å². The summed E-state index contributed by atoms with van der Waals surface area (Å²) in [5.41, 5.74) is 3.37. The Balaban J connectivity index is 1.49. The van der Waals surface area contributed by atoms with Crippen LogP contribution < -0.4 is 10.1 Å². The number of benzene rings is 2. The van der Waals surface area contributed by atoms with Gasteiger partial charge in [-0.3, -0.25) is 0 Å². The normalized spacial score (nSPS) is 17.6. The molecule has 1 aromatic heterocycles. The van der Waals surface area contributed by atoms with Gasteiger partial charge in [0.25, 0.3) is 0 Å². The predicted molar refractivity (Wildman–Crippen MR) is 150 cm³/mol. The molecule has 1 atom stereocenters. The van der Waals surface area contributed by atoms with Crippen LogP contribution in [0, 0.1) is 0 Å². The van der Waals surface area contributed by atoms with E-state index in [1.165, 1.54) is 12.0 Å². The second kappa shape index (κ2) is 12.5. The highest BCUT2D eigenvalue weighted by Gasteiger charge is 2.37. The van der Waals surface area contributed by atoms with E-state index < -0.39 is 6.04 Å². The number of hydrogen-bond acceptors (Lipinski definition) is 7. The van der Waals surface area contributed by atoms with Crippen LogP contribution in [0.15, 0.2) is 71.0 Å². The lowest BCUT2D eigenvalue weighted by atomic mass is 9.94. The predicted octanol–water partition coefficient (Wildman–Crippen LogP) is 6.91. The van der Waals surface area contributed by atoms with Crippen LogP contribution in [-0.4, -0.2) is 33.4 Å². The highest BCUT2D eigenvalue weighted by atomic mass is 32.2. The third-order valence-electron chi connectivity index (χ3n) is 7.06. The van der Waals surface area contributed by atoms with Crippen molar-refractivity contribution in [3.8, 4) is 5.75 Å². The SMILES string of the molecule is CCCCOc1ccccc1C1C(C(=O)OC2CCCCC2)=C(C)Nc2nc(SCc3ccccc3)nn21. The number of carbonyl (C=O) groups is 1. The van der Waals surface area contributed by atoms with Crippen molar-refractivity contribution in [1.29, 1.82) is 0 Å². The Morgan fingerprint density at radius 3 is 2.63 bits per heavy atom. The number of anilines is 1. The second-order valence-electron chi connectivity index (χ2n) is 9.91. The van der Waals surface area contributed by atoms with Crippen molar-refractivity contribution in [3.05, 3.63) is 77.0 Å². The van der Waals surface area contributed by atoms with Crippen LogP contribution in [0.4, 0.5) is 5.95 Å². The Labute approximate surface area is 229 Å². The lowest BCUT2D eigenvalue weighted by Crippen LogP contribution is -2.32. The number of fused-ring (bicyclic) bond motifs is 1. The number of hydrogen-bond donors (Lipinski definition) is 1. The molecule has 0 spiro atoms. The summed E-state index contributed by atoms with van der Waals surface area (Å²) in [4.78, 5) is 18.5. The molecule has 2 heterocycles. The lowest BCUT2D eigenvalue weighted by molar-refractivity contribution is -0.146. The fourth-order valence-electron chi connectivity index (χ4n) is 5.03. The van der Waals surface area contributed by atoms with Gasteiger partial charge in [0.15, 0.2) is 0 Å². The molecule has 1 aliphatic heterocycles. The highest BCUT2D eigenvalue weighted by molar-refractivity contribution is 7.98. The summed E-state index contributed by atoms with van der Waals surface area (Å²) in [6.07, 6.45) is 7.20. The van der Waals surface area contributed by atoms with Crippen molar-refractivity contribution in [2.45, 2.75) is 81.8 Å². The number of unbranched alkanes of at least 4 members (excludes halogenated alkanes) is 1. The third-order valence-corrected chi connectivity index (χ3v) is 7.97. The van der Waals surface area contributed by atoms with Gasteiger partial charge < -0.3 is 14.8 Å². The van der Waals surface area contributed by atoms with E-state index in [0.717, 1.165) is 61.3 Å². The number of ether oxygens (including phenoxy) is 2. The van der Waals surface area contributed by atoms with Crippen molar-refractivity contribution in [2.24, 2.45) is 0 Å². The maximum Gasteiger partial charge on any atom is 0.338 e. The first-order valence-electron chi connectivity index (χ1n) is 13.7. The Morgan fingerprint density at radius 1 is 1.08 bits per heavy atom. The van der Waals surface area contributed by atoms with Gasteiger partial charge in [-0.1, -0.05) is 80.1 Å². The van der Waals surface area contributed by atoms with E-state index in [-0.39, 0.29) is 12.1 Å². The molecule has 1 unspecified atom stereocenters. The van der Waals surface area contributed by atoms with Crippen LogP contribution in [0.5, 0.6) is 5.75 Å². The second-order valence-corrected chi connectivity index (χ2v) is 10.9. The number of rotatable bonds is 10. The molecule has 3 aromatic rings. The minimum Gasteiger partial charge on any atom is -0.493 e. The molecule has 38 heavy (non-hydrogen) atoms. The molecule has 2 aliphatic rings. The molecule has 0 radical (unpaired) electrons. The topological polar surface area (TPSA) is 78.3 Å². The number of allylic oxidation sites excluding steroid dienone is 1. The van der Waals surface area contributed by atoms with Gasteiger partial charge in [-0.15, -0.1) is 5.10 Å². The van der Waals surface area contributed by atoms with Crippen molar-refractivity contribution in [3.63, 3.8) is 0 Å². The van der Waals surface area contributed by atoms with Crippen LogP contribution in [0.25, 0.3) is 0 Å². The maximum absolute atomic E-state index is 13.7. The average Bonchev–Trinajstić information content (AvgIpc) is 3.35. The third kappa shape index (κ3) is 6.07. The van der Waals surface area contributed by atoms with Crippen LogP contribution in [0.1, 0.15) is 76.0 Å². The molecule has 0 amide bonds. The van der Waals surface area contributed by atoms with E-state index in [1.54, 1.807) is 11.8 Å². The largest absolute Gasteiger partial charge is 0.493 e. The summed E-state index contributed by atoms with van der Waals surface area (Å²) in [6, 6.07) is 17.7. The molecular weight excluding hydrogens is 496 g/mol. The van der Waals surface area contributed by atoms with Crippen LogP contribution in [-0.2, 0) is 15.3 Å². The molecule has 1 fully saturated rings. The van der Waals surface area contributed by atoms with Crippen LogP contribution in [0.3, 0.4) is 0 Å². The molecule has 200 valence electrons. The molecule has 5 rings (SSSR count). The minimum atomic E-state index is -0.501. The summed E-state index contributed by atoms with van der Waals surface area (Å²) < 4.78 is 14.1. The highest BCUT2D eigenvalue weighted by Crippen LogP contribution is 2.41. The molecule has 8 heteroatoms. The number of nitrogens with zero attached hydrogens (tertiary/aromatic N) is 3. The van der Waals surface area contributed by atoms with Gasteiger partial charge in [0, 0.05) is 17.0 Å². The number of aromatic nitrogens is 3. The van der Waals surface area contributed by atoms with Gasteiger partial charge in [0.05, 0.1) is 12.2 Å². The van der Waals surface area contributed by atoms with E-state index in [2.05, 4.69) is 24.4 Å². The molecule has 2 aromatic carbocycles. The minimum absolute atomic E-state index is 0.0395. The van der Waals surface area contributed by atoms with Crippen molar-refractivity contribution in [2.75, 3.05) is 11.9 Å². The number of para-hydroxylation sites is 1. The molecule has 1 N–H and O–H groups in total. The number of thioether (sulfide) groups is 1. The van der Waals surface area contributed by atoms with Crippen LogP contribution >= 0.6 is 11.8 Å². The van der Waals surface area contributed by atoms with Gasteiger partial charge >= 0.3 is 5.97 Å². The zero-order valence-corrected chi connectivity index (χ0v) is 23.0. The van der Waals surface area contributed by atoms with E-state index in [0.29, 0.717) is 23.3 Å². The molecule has 7 nitrogen and oxygen atoms in total. The van der Waals surface area contributed by atoms with E-state index in [4.69, 9.17) is 19.6 Å².